The summed E-state index contributed by atoms with van der Waals surface area (Å²) in [7, 11) is 0. The normalized spacial score (nSPS) is 12.3. The minimum absolute atomic E-state index is 0.802. The van der Waals surface area contributed by atoms with Crippen molar-refractivity contribution in [3.05, 3.63) is 182 Å². The molecule has 0 unspecified atom stereocenters. The van der Waals surface area contributed by atoms with Gasteiger partial charge in [-0.05, 0) is 72.8 Å². The average molecular weight is 715 g/mol. The van der Waals surface area contributed by atoms with Gasteiger partial charge in [-0.2, -0.15) is 0 Å². The number of imidazole rings is 2. The predicted molar refractivity (Wildman–Crippen MR) is 231 cm³/mol. The van der Waals surface area contributed by atoms with E-state index in [-0.39, 0.29) is 0 Å². The summed E-state index contributed by atoms with van der Waals surface area (Å²) in [5.74, 6) is 0. The first-order valence-corrected chi connectivity index (χ1v) is 19.0. The maximum absolute atomic E-state index is 5.38. The van der Waals surface area contributed by atoms with E-state index in [4.69, 9.17) is 9.97 Å². The molecule has 0 aliphatic rings. The summed E-state index contributed by atoms with van der Waals surface area (Å²) in [6.45, 7) is 0. The van der Waals surface area contributed by atoms with Gasteiger partial charge in [0.2, 0.25) is 0 Å². The second kappa shape index (κ2) is 10.9. The summed E-state index contributed by atoms with van der Waals surface area (Å²) >= 11 is 0. The molecule has 260 valence electrons. The number of hydrogen-bond acceptors (Lipinski definition) is 2. The van der Waals surface area contributed by atoms with Gasteiger partial charge in [0.15, 0.2) is 11.3 Å². The van der Waals surface area contributed by atoms with E-state index >= 15 is 0 Å². The van der Waals surface area contributed by atoms with Gasteiger partial charge in [-0.3, -0.25) is 8.80 Å². The van der Waals surface area contributed by atoms with Crippen LogP contribution in [0.2, 0.25) is 0 Å². The minimum Gasteiger partial charge on any atom is -0.309 e. The van der Waals surface area contributed by atoms with Crippen LogP contribution in [-0.2, 0) is 0 Å². The molecule has 8 aromatic carbocycles. The van der Waals surface area contributed by atoms with Crippen LogP contribution in [0.15, 0.2) is 182 Å². The van der Waals surface area contributed by atoms with Gasteiger partial charge in [0.05, 0.1) is 55.2 Å². The second-order valence-electron chi connectivity index (χ2n) is 14.7. The fourth-order valence-electron chi connectivity index (χ4n) is 9.38. The molecule has 13 rings (SSSR count). The molecular weight excluding hydrogens is 685 g/mol. The minimum atomic E-state index is 0.802. The van der Waals surface area contributed by atoms with E-state index in [1.807, 2.05) is 0 Å². The average Bonchev–Trinajstić information content (AvgIpc) is 4.01. The van der Waals surface area contributed by atoms with Crippen molar-refractivity contribution in [2.45, 2.75) is 0 Å². The van der Waals surface area contributed by atoms with Crippen LogP contribution in [0.3, 0.4) is 0 Å². The number of hydrogen-bond donors (Lipinski definition) is 0. The highest BCUT2D eigenvalue weighted by atomic mass is 15.1. The molecule has 6 nitrogen and oxygen atoms in total. The maximum atomic E-state index is 5.38. The first-order valence-electron chi connectivity index (χ1n) is 19.0. The van der Waals surface area contributed by atoms with Crippen molar-refractivity contribution in [1.29, 1.82) is 0 Å². The molecule has 0 atom stereocenters. The zero-order valence-electron chi connectivity index (χ0n) is 30.0. The highest BCUT2D eigenvalue weighted by Crippen LogP contribution is 2.38. The molecule has 13 aromatic rings. The monoisotopic (exact) mass is 714 g/mol. The number of benzene rings is 8. The molecular formula is C50H30N6. The Balaban J connectivity index is 1.25. The fourth-order valence-corrected chi connectivity index (χ4v) is 9.38. The molecule has 0 saturated heterocycles. The van der Waals surface area contributed by atoms with E-state index in [0.717, 1.165) is 66.5 Å². The van der Waals surface area contributed by atoms with Gasteiger partial charge in [0.25, 0.3) is 0 Å². The molecule has 0 spiro atoms. The third kappa shape index (κ3) is 3.89. The van der Waals surface area contributed by atoms with Crippen molar-refractivity contribution >= 4 is 98.8 Å². The van der Waals surface area contributed by atoms with Crippen LogP contribution in [0, 0.1) is 0 Å². The molecule has 0 amide bonds. The maximum Gasteiger partial charge on any atom is 0.182 e. The second-order valence-corrected chi connectivity index (χ2v) is 14.7. The predicted octanol–water partition coefficient (Wildman–Crippen LogP) is 12.4. The number of fused-ring (bicyclic) bond motifs is 18. The van der Waals surface area contributed by atoms with Gasteiger partial charge in [-0.1, -0.05) is 109 Å². The number of nitrogens with zero attached hydrogens (tertiary/aromatic N) is 6. The molecule has 0 saturated carbocycles. The lowest BCUT2D eigenvalue weighted by atomic mass is 10.1. The van der Waals surface area contributed by atoms with Crippen molar-refractivity contribution in [3.8, 4) is 11.4 Å². The topological polar surface area (TPSA) is 44.5 Å². The zero-order valence-corrected chi connectivity index (χ0v) is 30.0. The summed E-state index contributed by atoms with van der Waals surface area (Å²) < 4.78 is 9.43. The summed E-state index contributed by atoms with van der Waals surface area (Å²) in [5, 5.41) is 7.18. The molecule has 0 N–H and O–H groups in total. The van der Waals surface area contributed by atoms with Crippen LogP contribution < -0.4 is 0 Å². The van der Waals surface area contributed by atoms with Crippen LogP contribution in [0.1, 0.15) is 0 Å². The first-order chi connectivity index (χ1) is 27.8. The summed E-state index contributed by atoms with van der Waals surface area (Å²) in [6.07, 6.45) is 0. The van der Waals surface area contributed by atoms with E-state index in [2.05, 4.69) is 200 Å². The van der Waals surface area contributed by atoms with Gasteiger partial charge in [-0.25, -0.2) is 9.97 Å². The first kappa shape index (κ1) is 29.7. The highest BCUT2D eigenvalue weighted by Gasteiger charge is 2.20. The summed E-state index contributed by atoms with van der Waals surface area (Å²) in [6, 6.07) is 65.5. The molecule has 0 radical (unpaired) electrons. The third-order valence-electron chi connectivity index (χ3n) is 11.7. The molecule has 5 aromatic heterocycles. The molecule has 0 aliphatic heterocycles. The Labute approximate surface area is 319 Å². The number of aromatic nitrogens is 6. The van der Waals surface area contributed by atoms with Crippen LogP contribution in [-0.4, -0.2) is 27.9 Å². The molecule has 0 bridgehead atoms. The van der Waals surface area contributed by atoms with Gasteiger partial charge >= 0.3 is 0 Å². The van der Waals surface area contributed by atoms with E-state index in [1.165, 1.54) is 43.6 Å². The SMILES string of the molecule is c1ccc2c(c1)nc1c3nc4ccccc4n3c3cc(-n4c5ccccc5c5ccccc54)ccc3c3ccc(-n4c5ccccc5c5ccccc54)cc3n21. The largest absolute Gasteiger partial charge is 0.309 e. The van der Waals surface area contributed by atoms with Gasteiger partial charge in [0.1, 0.15) is 0 Å². The molecule has 5 heterocycles. The third-order valence-corrected chi connectivity index (χ3v) is 11.7. The standard InChI is InChI=1S/C50H30N6/c1-7-19-41-33(13-1)34-14-2-8-20-42(34)53(41)31-25-27-37-38-28-26-32(54-43-21-9-3-15-35(43)36-16-4-10-22-44(36)54)30-48(38)56-46-24-12-6-18-40(46)52-50(56)49-51-39-17-5-11-23-45(39)55(49)47(37)29-31/h1-30H. The van der Waals surface area contributed by atoms with Gasteiger partial charge in [0, 0.05) is 43.7 Å². The van der Waals surface area contributed by atoms with Gasteiger partial charge in [-0.15, -0.1) is 0 Å². The van der Waals surface area contributed by atoms with Crippen molar-refractivity contribution < 1.29 is 0 Å². The van der Waals surface area contributed by atoms with E-state index in [1.54, 1.807) is 0 Å². The molecule has 6 heteroatoms. The number of rotatable bonds is 2. The van der Waals surface area contributed by atoms with E-state index < -0.39 is 0 Å². The Morgan fingerprint density at radius 1 is 0.268 bits per heavy atom. The summed E-state index contributed by atoms with van der Waals surface area (Å²) in [5.41, 5.74) is 14.5. The van der Waals surface area contributed by atoms with Gasteiger partial charge < -0.3 is 9.13 Å². The van der Waals surface area contributed by atoms with Crippen LogP contribution in [0.4, 0.5) is 0 Å². The lowest BCUT2D eigenvalue weighted by Gasteiger charge is -2.14. The van der Waals surface area contributed by atoms with Crippen molar-refractivity contribution in [1.82, 2.24) is 27.9 Å². The van der Waals surface area contributed by atoms with Crippen molar-refractivity contribution in [2.24, 2.45) is 0 Å². The summed E-state index contributed by atoms with van der Waals surface area (Å²) in [4.78, 5) is 10.8. The zero-order chi connectivity index (χ0) is 36.5. The lowest BCUT2D eigenvalue weighted by Crippen LogP contribution is -1.99. The van der Waals surface area contributed by atoms with Crippen LogP contribution in [0.25, 0.3) is 110 Å². The quantitative estimate of drug-likeness (QED) is 0.179. The van der Waals surface area contributed by atoms with Crippen molar-refractivity contribution in [2.75, 3.05) is 0 Å². The Hall–Kier alpha value is -7.70. The van der Waals surface area contributed by atoms with Crippen LogP contribution in [0.5, 0.6) is 0 Å². The Morgan fingerprint density at radius 3 is 0.946 bits per heavy atom. The van der Waals surface area contributed by atoms with Crippen LogP contribution >= 0.6 is 0 Å². The van der Waals surface area contributed by atoms with E-state index in [9.17, 15) is 0 Å². The molecule has 56 heavy (non-hydrogen) atoms. The van der Waals surface area contributed by atoms with E-state index in [0.29, 0.717) is 0 Å². The lowest BCUT2D eigenvalue weighted by molar-refractivity contribution is 1.17. The fraction of sp³-hybridized carbons (Fsp3) is 0. The number of para-hydroxylation sites is 8. The molecule has 0 fully saturated rings. The Morgan fingerprint density at radius 2 is 0.571 bits per heavy atom. The smallest absolute Gasteiger partial charge is 0.182 e. The highest BCUT2D eigenvalue weighted by molar-refractivity contribution is 6.13. The molecule has 0 aliphatic carbocycles. The van der Waals surface area contributed by atoms with Crippen molar-refractivity contribution in [3.63, 3.8) is 0 Å². The Bertz CT molecular complexity index is 3480. The Kier molecular flexibility index (Phi) is 5.80.